The first kappa shape index (κ1) is 25.5. The number of ether oxygens (including phenoxy) is 1. The van der Waals surface area contributed by atoms with Crippen LogP contribution in [0.1, 0.15) is 116 Å². The molecule has 1 aliphatic rings. The first-order valence-electron chi connectivity index (χ1n) is 12.4. The molecule has 0 aliphatic carbocycles. The fourth-order valence-electron chi connectivity index (χ4n) is 6.10. The van der Waals surface area contributed by atoms with Crippen LogP contribution < -0.4 is 4.74 Å². The van der Waals surface area contributed by atoms with Gasteiger partial charge in [-0.25, -0.2) is 0 Å². The van der Waals surface area contributed by atoms with Crippen LogP contribution >= 0.6 is 0 Å². The van der Waals surface area contributed by atoms with Crippen molar-refractivity contribution in [1.29, 1.82) is 0 Å². The molecule has 1 atom stereocenters. The molecule has 0 bridgehead atoms. The standard InChI is InChI=1S/C31H44O2/c1-20-12-13-21(30(8,9)18-28(2,3)4)16-23(20)26-24-17-22(14-15-25(24)33-27(26)32)31(10,11)19-29(5,6)7/h12-17,26H,18-19H2,1-11H3. The van der Waals surface area contributed by atoms with Crippen LogP contribution in [0.3, 0.4) is 0 Å². The highest BCUT2D eigenvalue weighted by molar-refractivity contribution is 5.90. The second kappa shape index (κ2) is 8.29. The summed E-state index contributed by atoms with van der Waals surface area (Å²) in [5.74, 6) is 0.180. The summed E-state index contributed by atoms with van der Waals surface area (Å²) in [5, 5.41) is 0. The Morgan fingerprint density at radius 3 is 1.64 bits per heavy atom. The highest BCUT2D eigenvalue weighted by Gasteiger charge is 2.38. The average molecular weight is 449 g/mol. The van der Waals surface area contributed by atoms with Gasteiger partial charge in [-0.05, 0) is 69.7 Å². The van der Waals surface area contributed by atoms with E-state index >= 15 is 0 Å². The highest BCUT2D eigenvalue weighted by atomic mass is 16.5. The Labute approximate surface area is 202 Å². The summed E-state index contributed by atoms with van der Waals surface area (Å²) in [7, 11) is 0. The minimum absolute atomic E-state index is 0.00899. The lowest BCUT2D eigenvalue weighted by Crippen LogP contribution is -2.25. The van der Waals surface area contributed by atoms with Crippen LogP contribution in [0.5, 0.6) is 5.75 Å². The van der Waals surface area contributed by atoms with Gasteiger partial charge in [0.15, 0.2) is 0 Å². The first-order chi connectivity index (χ1) is 14.9. The van der Waals surface area contributed by atoms with E-state index in [0.717, 1.165) is 29.5 Å². The maximum absolute atomic E-state index is 13.1. The van der Waals surface area contributed by atoms with Crippen molar-refractivity contribution >= 4 is 5.97 Å². The van der Waals surface area contributed by atoms with Gasteiger partial charge in [-0.2, -0.15) is 0 Å². The number of fused-ring (bicyclic) bond motifs is 1. The fraction of sp³-hybridized carbons (Fsp3) is 0.581. The largest absolute Gasteiger partial charge is 0.425 e. The summed E-state index contributed by atoms with van der Waals surface area (Å²) < 4.78 is 5.76. The number of carbonyl (C=O) groups is 1. The summed E-state index contributed by atoms with van der Waals surface area (Å²) in [6.45, 7) is 25.0. The third-order valence-corrected chi connectivity index (χ3v) is 6.86. The predicted octanol–water partition coefficient (Wildman–Crippen LogP) is 8.47. The number of rotatable bonds is 5. The van der Waals surface area contributed by atoms with Crippen LogP contribution in [0, 0.1) is 17.8 Å². The summed E-state index contributed by atoms with van der Waals surface area (Å²) in [6, 6.07) is 13.0. The van der Waals surface area contributed by atoms with E-state index in [1.54, 1.807) is 0 Å². The molecular formula is C31H44O2. The molecule has 0 saturated heterocycles. The predicted molar refractivity (Wildman–Crippen MR) is 139 cm³/mol. The van der Waals surface area contributed by atoms with E-state index in [9.17, 15) is 4.79 Å². The quantitative estimate of drug-likeness (QED) is 0.339. The van der Waals surface area contributed by atoms with Crippen molar-refractivity contribution in [1.82, 2.24) is 0 Å². The Morgan fingerprint density at radius 2 is 1.15 bits per heavy atom. The first-order valence-corrected chi connectivity index (χ1v) is 12.4. The Bertz CT molecular complexity index is 1040. The average Bonchev–Trinajstić information content (AvgIpc) is 2.93. The van der Waals surface area contributed by atoms with E-state index < -0.39 is 0 Å². The molecule has 2 heteroatoms. The number of carbonyl (C=O) groups excluding carboxylic acids is 1. The Hall–Kier alpha value is -2.09. The zero-order valence-corrected chi connectivity index (χ0v) is 22.8. The van der Waals surface area contributed by atoms with E-state index in [1.807, 2.05) is 6.07 Å². The third-order valence-electron chi connectivity index (χ3n) is 6.86. The van der Waals surface area contributed by atoms with Crippen molar-refractivity contribution in [3.05, 3.63) is 64.2 Å². The number of benzene rings is 2. The molecule has 2 aromatic rings. The summed E-state index contributed by atoms with van der Waals surface area (Å²) in [5.41, 5.74) is 6.23. The zero-order valence-electron chi connectivity index (χ0n) is 22.8. The van der Waals surface area contributed by atoms with Gasteiger partial charge in [0.25, 0.3) is 0 Å². The van der Waals surface area contributed by atoms with Crippen LogP contribution in [0.4, 0.5) is 0 Å². The van der Waals surface area contributed by atoms with Gasteiger partial charge in [-0.15, -0.1) is 0 Å². The molecule has 1 heterocycles. The Balaban J connectivity index is 2.07. The minimum atomic E-state index is -0.365. The molecule has 0 saturated carbocycles. The van der Waals surface area contributed by atoms with Crippen molar-refractivity contribution in [2.75, 3.05) is 0 Å². The van der Waals surface area contributed by atoms with Crippen LogP contribution in [0.25, 0.3) is 0 Å². The summed E-state index contributed by atoms with van der Waals surface area (Å²) in [4.78, 5) is 13.1. The molecule has 2 nitrogen and oxygen atoms in total. The van der Waals surface area contributed by atoms with Crippen molar-refractivity contribution in [2.24, 2.45) is 10.8 Å². The van der Waals surface area contributed by atoms with Gasteiger partial charge in [0.05, 0.1) is 0 Å². The second-order valence-electron chi connectivity index (χ2n) is 13.9. The fourth-order valence-corrected chi connectivity index (χ4v) is 6.10. The molecule has 2 aromatic carbocycles. The summed E-state index contributed by atoms with van der Waals surface area (Å²) >= 11 is 0. The van der Waals surface area contributed by atoms with Crippen molar-refractivity contribution in [2.45, 2.75) is 106 Å². The van der Waals surface area contributed by atoms with E-state index in [1.165, 1.54) is 11.1 Å². The number of aryl methyl sites for hydroxylation is 1. The van der Waals surface area contributed by atoms with Crippen LogP contribution in [0.2, 0.25) is 0 Å². The van der Waals surface area contributed by atoms with E-state index in [-0.39, 0.29) is 33.5 Å². The Morgan fingerprint density at radius 1 is 0.697 bits per heavy atom. The van der Waals surface area contributed by atoms with Crippen LogP contribution in [-0.4, -0.2) is 5.97 Å². The van der Waals surface area contributed by atoms with Crippen molar-refractivity contribution in [3.63, 3.8) is 0 Å². The molecule has 0 fully saturated rings. The smallest absolute Gasteiger partial charge is 0.323 e. The van der Waals surface area contributed by atoms with Gasteiger partial charge in [0.2, 0.25) is 0 Å². The topological polar surface area (TPSA) is 26.3 Å². The zero-order chi connectivity index (χ0) is 25.0. The second-order valence-corrected chi connectivity index (χ2v) is 13.9. The molecule has 0 amide bonds. The molecule has 0 radical (unpaired) electrons. The highest BCUT2D eigenvalue weighted by Crippen LogP contribution is 2.45. The van der Waals surface area contributed by atoms with E-state index in [0.29, 0.717) is 5.75 Å². The van der Waals surface area contributed by atoms with E-state index in [4.69, 9.17) is 4.74 Å². The summed E-state index contributed by atoms with van der Waals surface area (Å²) in [6.07, 6.45) is 2.13. The molecule has 3 rings (SSSR count). The van der Waals surface area contributed by atoms with E-state index in [2.05, 4.69) is 106 Å². The number of hydrogen-bond acceptors (Lipinski definition) is 2. The van der Waals surface area contributed by atoms with Gasteiger partial charge in [0.1, 0.15) is 11.7 Å². The lowest BCUT2D eigenvalue weighted by molar-refractivity contribution is -0.133. The molecule has 1 aliphatic heterocycles. The lowest BCUT2D eigenvalue weighted by Gasteiger charge is -2.34. The molecule has 0 spiro atoms. The Kier molecular flexibility index (Phi) is 6.41. The molecule has 1 unspecified atom stereocenters. The van der Waals surface area contributed by atoms with Crippen LogP contribution in [0.15, 0.2) is 36.4 Å². The monoisotopic (exact) mass is 448 g/mol. The molecule has 0 aromatic heterocycles. The van der Waals surface area contributed by atoms with Crippen molar-refractivity contribution in [3.8, 4) is 5.75 Å². The molecule has 0 N–H and O–H groups in total. The number of hydrogen-bond donors (Lipinski definition) is 0. The van der Waals surface area contributed by atoms with Gasteiger partial charge in [0, 0.05) is 5.56 Å². The normalized spacial score (nSPS) is 17.2. The lowest BCUT2D eigenvalue weighted by atomic mass is 9.71. The maximum Gasteiger partial charge on any atom is 0.323 e. The van der Waals surface area contributed by atoms with Crippen molar-refractivity contribution < 1.29 is 9.53 Å². The van der Waals surface area contributed by atoms with Crippen LogP contribution in [-0.2, 0) is 15.6 Å². The SMILES string of the molecule is Cc1ccc(C(C)(C)CC(C)(C)C)cc1C1C(=O)Oc2ccc(C(C)(C)CC(C)(C)C)cc21. The molecular weight excluding hydrogens is 404 g/mol. The third kappa shape index (κ3) is 5.70. The minimum Gasteiger partial charge on any atom is -0.425 e. The van der Waals surface area contributed by atoms with Gasteiger partial charge in [-0.3, -0.25) is 4.79 Å². The van der Waals surface area contributed by atoms with Gasteiger partial charge in [-0.1, -0.05) is 99.6 Å². The van der Waals surface area contributed by atoms with Gasteiger partial charge < -0.3 is 4.74 Å². The molecule has 180 valence electrons. The maximum atomic E-state index is 13.1. The number of esters is 1. The van der Waals surface area contributed by atoms with Gasteiger partial charge >= 0.3 is 5.97 Å². The molecule has 33 heavy (non-hydrogen) atoms.